The molecule has 0 aromatic heterocycles. The Bertz CT molecular complexity index is 912. The molecule has 132 valence electrons. The van der Waals surface area contributed by atoms with Gasteiger partial charge in [-0.2, -0.15) is 0 Å². The first kappa shape index (κ1) is 17.7. The maximum absolute atomic E-state index is 12.4. The Labute approximate surface area is 153 Å². The van der Waals surface area contributed by atoms with Crippen molar-refractivity contribution in [2.24, 2.45) is 0 Å². The summed E-state index contributed by atoms with van der Waals surface area (Å²) in [4.78, 5) is 24.3. The molecule has 0 aliphatic rings. The summed E-state index contributed by atoms with van der Waals surface area (Å²) in [5, 5.41) is 7.94. The highest BCUT2D eigenvalue weighted by Gasteiger charge is 2.08. The van der Waals surface area contributed by atoms with Gasteiger partial charge in [-0.15, -0.1) is 0 Å². The minimum Gasteiger partial charge on any atom is -0.352 e. The number of nitrogens with one attached hydrogen (secondary N) is 2. The predicted octanol–water partition coefficient (Wildman–Crippen LogP) is 4.16. The third kappa shape index (κ3) is 4.28. The van der Waals surface area contributed by atoms with Gasteiger partial charge in [0.25, 0.3) is 5.91 Å². The third-order valence-corrected chi connectivity index (χ3v) is 4.20. The highest BCUT2D eigenvalue weighted by molar-refractivity contribution is 5.97. The molecule has 0 spiro atoms. The first-order valence-electron chi connectivity index (χ1n) is 8.82. The molecule has 0 saturated carbocycles. The number of hydrogen-bond acceptors (Lipinski definition) is 2. The van der Waals surface area contributed by atoms with E-state index in [1.54, 1.807) is 24.3 Å². The topological polar surface area (TPSA) is 58.2 Å². The van der Waals surface area contributed by atoms with Crippen molar-refractivity contribution in [3.8, 4) is 0 Å². The molecule has 3 aromatic rings. The van der Waals surface area contributed by atoms with Crippen molar-refractivity contribution in [2.75, 3.05) is 11.9 Å². The molecule has 0 atom stereocenters. The molecule has 4 nitrogen and oxygen atoms in total. The van der Waals surface area contributed by atoms with E-state index in [4.69, 9.17) is 0 Å². The predicted molar refractivity (Wildman–Crippen MR) is 105 cm³/mol. The van der Waals surface area contributed by atoms with Gasteiger partial charge in [0, 0.05) is 17.8 Å². The van der Waals surface area contributed by atoms with Gasteiger partial charge in [-0.25, -0.2) is 0 Å². The summed E-state index contributed by atoms with van der Waals surface area (Å²) < 4.78 is 0. The van der Waals surface area contributed by atoms with Crippen LogP contribution in [0.1, 0.15) is 29.3 Å². The molecule has 0 aliphatic heterocycles. The van der Waals surface area contributed by atoms with Crippen LogP contribution in [0, 0.1) is 0 Å². The van der Waals surface area contributed by atoms with E-state index in [0.717, 1.165) is 22.8 Å². The van der Waals surface area contributed by atoms with Gasteiger partial charge in [-0.1, -0.05) is 49.4 Å². The number of hydrogen-bond donors (Lipinski definition) is 2. The van der Waals surface area contributed by atoms with E-state index in [1.807, 2.05) is 49.4 Å². The molecule has 3 rings (SSSR count). The molecule has 0 radical (unpaired) electrons. The molecule has 0 saturated heterocycles. The van der Waals surface area contributed by atoms with Crippen LogP contribution in [0.15, 0.2) is 66.7 Å². The summed E-state index contributed by atoms with van der Waals surface area (Å²) in [6.45, 7) is 2.66. The maximum atomic E-state index is 12.4. The molecule has 3 aromatic carbocycles. The third-order valence-electron chi connectivity index (χ3n) is 4.20. The van der Waals surface area contributed by atoms with Crippen LogP contribution in [-0.2, 0) is 11.2 Å². The standard InChI is InChI=1S/C22H22N2O2/c1-2-14-23-22(26)17-10-12-19(13-11-17)24-21(25)15-18-8-5-7-16-6-3-4-9-20(16)18/h3-13H,2,14-15H2,1H3,(H,23,26)(H,24,25). The number of benzene rings is 3. The van der Waals surface area contributed by atoms with Crippen molar-refractivity contribution in [1.82, 2.24) is 5.32 Å². The Kier molecular flexibility index (Phi) is 5.64. The van der Waals surface area contributed by atoms with Gasteiger partial charge in [-0.3, -0.25) is 9.59 Å². The highest BCUT2D eigenvalue weighted by atomic mass is 16.2. The lowest BCUT2D eigenvalue weighted by atomic mass is 10.0. The van der Waals surface area contributed by atoms with Crippen LogP contribution in [0.3, 0.4) is 0 Å². The van der Waals surface area contributed by atoms with Crippen molar-refractivity contribution in [3.05, 3.63) is 77.9 Å². The van der Waals surface area contributed by atoms with Crippen LogP contribution < -0.4 is 10.6 Å². The summed E-state index contributed by atoms with van der Waals surface area (Å²) >= 11 is 0. The van der Waals surface area contributed by atoms with E-state index < -0.39 is 0 Å². The van der Waals surface area contributed by atoms with Crippen LogP contribution in [0.2, 0.25) is 0 Å². The monoisotopic (exact) mass is 346 g/mol. The molecular formula is C22H22N2O2. The van der Waals surface area contributed by atoms with E-state index in [0.29, 0.717) is 24.2 Å². The smallest absolute Gasteiger partial charge is 0.251 e. The summed E-state index contributed by atoms with van der Waals surface area (Å²) in [6.07, 6.45) is 1.20. The first-order valence-corrected chi connectivity index (χ1v) is 8.82. The number of fused-ring (bicyclic) bond motifs is 1. The zero-order chi connectivity index (χ0) is 18.4. The van der Waals surface area contributed by atoms with E-state index in [9.17, 15) is 9.59 Å². The van der Waals surface area contributed by atoms with Crippen molar-refractivity contribution in [3.63, 3.8) is 0 Å². The molecule has 2 N–H and O–H groups in total. The fourth-order valence-electron chi connectivity index (χ4n) is 2.87. The van der Waals surface area contributed by atoms with E-state index in [-0.39, 0.29) is 11.8 Å². The van der Waals surface area contributed by atoms with E-state index >= 15 is 0 Å². The lowest BCUT2D eigenvalue weighted by molar-refractivity contribution is -0.115. The van der Waals surface area contributed by atoms with Gasteiger partial charge in [-0.05, 0) is 47.0 Å². The normalized spacial score (nSPS) is 10.5. The van der Waals surface area contributed by atoms with Gasteiger partial charge in [0.05, 0.1) is 6.42 Å². The lowest BCUT2D eigenvalue weighted by Crippen LogP contribution is -2.23. The Balaban J connectivity index is 1.65. The molecule has 2 amide bonds. The van der Waals surface area contributed by atoms with Gasteiger partial charge in [0.1, 0.15) is 0 Å². The minimum absolute atomic E-state index is 0.0791. The van der Waals surface area contributed by atoms with Gasteiger partial charge < -0.3 is 10.6 Å². The summed E-state index contributed by atoms with van der Waals surface area (Å²) in [5.41, 5.74) is 2.27. The molecule has 0 heterocycles. The summed E-state index contributed by atoms with van der Waals surface area (Å²) in [5.74, 6) is -0.176. The van der Waals surface area contributed by atoms with Crippen LogP contribution in [0.25, 0.3) is 10.8 Å². The second kappa shape index (κ2) is 8.30. The van der Waals surface area contributed by atoms with Crippen molar-refractivity contribution >= 4 is 28.3 Å². The quantitative estimate of drug-likeness (QED) is 0.704. The van der Waals surface area contributed by atoms with Crippen molar-refractivity contribution in [1.29, 1.82) is 0 Å². The van der Waals surface area contributed by atoms with E-state index in [1.165, 1.54) is 0 Å². The molecule has 26 heavy (non-hydrogen) atoms. The van der Waals surface area contributed by atoms with Crippen LogP contribution >= 0.6 is 0 Å². The summed E-state index contributed by atoms with van der Waals surface area (Å²) in [7, 11) is 0. The first-order chi connectivity index (χ1) is 12.7. The average molecular weight is 346 g/mol. The molecule has 0 bridgehead atoms. The maximum Gasteiger partial charge on any atom is 0.251 e. The Morgan fingerprint density at radius 2 is 1.62 bits per heavy atom. The molecule has 0 unspecified atom stereocenters. The largest absolute Gasteiger partial charge is 0.352 e. The number of carbonyl (C=O) groups excluding carboxylic acids is 2. The lowest BCUT2D eigenvalue weighted by Gasteiger charge is -2.09. The number of rotatable bonds is 6. The number of anilines is 1. The second-order valence-corrected chi connectivity index (χ2v) is 6.20. The molecular weight excluding hydrogens is 324 g/mol. The Hall–Kier alpha value is -3.14. The van der Waals surface area contributed by atoms with Crippen LogP contribution in [0.5, 0.6) is 0 Å². The van der Waals surface area contributed by atoms with Crippen molar-refractivity contribution < 1.29 is 9.59 Å². The fraction of sp³-hybridized carbons (Fsp3) is 0.182. The van der Waals surface area contributed by atoms with Crippen LogP contribution in [0.4, 0.5) is 5.69 Å². The zero-order valence-electron chi connectivity index (χ0n) is 14.8. The van der Waals surface area contributed by atoms with Crippen LogP contribution in [-0.4, -0.2) is 18.4 Å². The van der Waals surface area contributed by atoms with Gasteiger partial charge >= 0.3 is 0 Å². The molecule has 0 aliphatic carbocycles. The Morgan fingerprint density at radius 1 is 0.885 bits per heavy atom. The molecule has 4 heteroatoms. The SMILES string of the molecule is CCCNC(=O)c1ccc(NC(=O)Cc2cccc3ccccc23)cc1. The second-order valence-electron chi connectivity index (χ2n) is 6.20. The van der Waals surface area contributed by atoms with E-state index in [2.05, 4.69) is 10.6 Å². The number of carbonyl (C=O) groups is 2. The zero-order valence-corrected chi connectivity index (χ0v) is 14.8. The van der Waals surface area contributed by atoms with Crippen molar-refractivity contribution in [2.45, 2.75) is 19.8 Å². The minimum atomic E-state index is -0.0968. The van der Waals surface area contributed by atoms with Gasteiger partial charge in [0.2, 0.25) is 5.91 Å². The highest BCUT2D eigenvalue weighted by Crippen LogP contribution is 2.19. The van der Waals surface area contributed by atoms with Gasteiger partial charge in [0.15, 0.2) is 0 Å². The molecule has 0 fully saturated rings. The summed E-state index contributed by atoms with van der Waals surface area (Å²) in [6, 6.07) is 21.0. The average Bonchev–Trinajstić information content (AvgIpc) is 2.67. The fourth-order valence-corrected chi connectivity index (χ4v) is 2.87. The number of amides is 2. The Morgan fingerprint density at radius 3 is 2.38 bits per heavy atom.